The van der Waals surface area contributed by atoms with Crippen LogP contribution in [-0.4, -0.2) is 18.1 Å². The molecular formula is C12H20N2S. The van der Waals surface area contributed by atoms with Crippen LogP contribution in [-0.2, 0) is 6.42 Å². The maximum atomic E-state index is 4.26. The third kappa shape index (κ3) is 3.28. The number of hydrogen-bond donors (Lipinski definition) is 1. The van der Waals surface area contributed by atoms with Gasteiger partial charge in [0, 0.05) is 11.4 Å². The van der Waals surface area contributed by atoms with Crippen molar-refractivity contribution in [1.82, 2.24) is 10.3 Å². The molecule has 1 aromatic rings. The zero-order valence-corrected chi connectivity index (χ0v) is 10.3. The van der Waals surface area contributed by atoms with Crippen LogP contribution in [0.25, 0.3) is 0 Å². The van der Waals surface area contributed by atoms with Crippen LogP contribution in [0.15, 0.2) is 5.51 Å². The van der Waals surface area contributed by atoms with E-state index in [1.54, 1.807) is 11.3 Å². The minimum Gasteiger partial charge on any atom is -0.316 e. The average molecular weight is 224 g/mol. The first-order valence-corrected chi connectivity index (χ1v) is 6.84. The van der Waals surface area contributed by atoms with E-state index in [1.807, 2.05) is 5.51 Å². The summed E-state index contributed by atoms with van der Waals surface area (Å²) >= 11 is 1.78. The zero-order valence-electron chi connectivity index (χ0n) is 9.46. The van der Waals surface area contributed by atoms with Gasteiger partial charge in [0.15, 0.2) is 0 Å². The van der Waals surface area contributed by atoms with Crippen molar-refractivity contribution in [2.75, 3.05) is 13.1 Å². The Morgan fingerprint density at radius 2 is 2.33 bits per heavy atom. The van der Waals surface area contributed by atoms with Crippen molar-refractivity contribution in [2.45, 2.75) is 39.0 Å². The lowest BCUT2D eigenvalue weighted by atomic mass is 9.83. The molecular weight excluding hydrogens is 204 g/mol. The first-order valence-electron chi connectivity index (χ1n) is 5.96. The van der Waals surface area contributed by atoms with E-state index >= 15 is 0 Å². The summed E-state index contributed by atoms with van der Waals surface area (Å²) in [7, 11) is 0. The highest BCUT2D eigenvalue weighted by atomic mass is 32.1. The van der Waals surface area contributed by atoms with Crippen LogP contribution < -0.4 is 5.32 Å². The maximum Gasteiger partial charge on any atom is 0.0797 e. The van der Waals surface area contributed by atoms with Gasteiger partial charge in [-0.3, -0.25) is 0 Å². The molecule has 2 rings (SSSR count). The number of thiazole rings is 1. The third-order valence-electron chi connectivity index (χ3n) is 3.33. The van der Waals surface area contributed by atoms with Gasteiger partial charge in [0.25, 0.3) is 0 Å². The first kappa shape index (κ1) is 11.1. The molecule has 0 bridgehead atoms. The highest BCUT2D eigenvalue weighted by molar-refractivity contribution is 7.09. The fraction of sp³-hybridized carbons (Fsp3) is 0.750. The third-order valence-corrected chi connectivity index (χ3v) is 4.32. The molecule has 1 aliphatic carbocycles. The summed E-state index contributed by atoms with van der Waals surface area (Å²) in [5, 5.41) is 3.53. The van der Waals surface area contributed by atoms with Crippen LogP contribution in [0.1, 0.15) is 36.3 Å². The van der Waals surface area contributed by atoms with Gasteiger partial charge in [-0.15, -0.1) is 11.3 Å². The Labute approximate surface area is 96.1 Å². The number of aromatic nitrogens is 1. The molecule has 0 saturated heterocycles. The van der Waals surface area contributed by atoms with E-state index in [0.717, 1.165) is 18.9 Å². The lowest BCUT2D eigenvalue weighted by molar-refractivity contribution is 0.292. The van der Waals surface area contributed by atoms with Gasteiger partial charge < -0.3 is 5.32 Å². The van der Waals surface area contributed by atoms with Gasteiger partial charge in [-0.2, -0.15) is 0 Å². The molecule has 1 heterocycles. The van der Waals surface area contributed by atoms with Gasteiger partial charge in [-0.1, -0.05) is 19.3 Å². The molecule has 84 valence electrons. The smallest absolute Gasteiger partial charge is 0.0797 e. The second kappa shape index (κ2) is 5.61. The molecule has 0 unspecified atom stereocenters. The van der Waals surface area contributed by atoms with Gasteiger partial charge in [-0.05, 0) is 32.2 Å². The highest BCUT2D eigenvalue weighted by Crippen LogP contribution is 2.28. The highest BCUT2D eigenvalue weighted by Gasteiger charge is 2.15. The van der Waals surface area contributed by atoms with Gasteiger partial charge >= 0.3 is 0 Å². The Bertz CT molecular complexity index is 292. The van der Waals surface area contributed by atoms with Crippen LogP contribution in [0.3, 0.4) is 0 Å². The molecule has 0 radical (unpaired) electrons. The topological polar surface area (TPSA) is 24.9 Å². The molecule has 2 nitrogen and oxygen atoms in total. The van der Waals surface area contributed by atoms with E-state index in [-0.39, 0.29) is 0 Å². The Morgan fingerprint density at radius 1 is 1.47 bits per heavy atom. The number of hydrogen-bond acceptors (Lipinski definition) is 3. The molecule has 0 aliphatic heterocycles. The standard InChI is InChI=1S/C12H20N2S/c1-10-12(15-9-14-10)6-8-13-7-5-11-3-2-4-11/h9,11,13H,2-8H2,1H3. The normalized spacial score (nSPS) is 16.6. The fourth-order valence-corrected chi connectivity index (χ4v) is 2.76. The zero-order chi connectivity index (χ0) is 10.5. The summed E-state index contributed by atoms with van der Waals surface area (Å²) in [6, 6.07) is 0. The van der Waals surface area contributed by atoms with Crippen molar-refractivity contribution < 1.29 is 0 Å². The minimum absolute atomic E-state index is 1.03. The second-order valence-electron chi connectivity index (χ2n) is 4.45. The predicted molar refractivity (Wildman–Crippen MR) is 65.4 cm³/mol. The van der Waals surface area contributed by atoms with Crippen molar-refractivity contribution in [2.24, 2.45) is 5.92 Å². The molecule has 0 atom stereocenters. The monoisotopic (exact) mass is 224 g/mol. The van der Waals surface area contributed by atoms with Crippen molar-refractivity contribution in [1.29, 1.82) is 0 Å². The molecule has 0 spiro atoms. The van der Waals surface area contributed by atoms with Gasteiger partial charge in [0.1, 0.15) is 0 Å². The van der Waals surface area contributed by atoms with E-state index in [1.165, 1.54) is 42.8 Å². The largest absolute Gasteiger partial charge is 0.316 e. The molecule has 0 amide bonds. The Hall–Kier alpha value is -0.410. The predicted octanol–water partition coefficient (Wildman–Crippen LogP) is 2.77. The van der Waals surface area contributed by atoms with Crippen LogP contribution in [0, 0.1) is 12.8 Å². The lowest BCUT2D eigenvalue weighted by Gasteiger charge is -2.25. The molecule has 1 fully saturated rings. The number of rotatable bonds is 6. The van der Waals surface area contributed by atoms with Crippen LogP contribution >= 0.6 is 11.3 Å². The molecule has 1 N–H and O–H groups in total. The van der Waals surface area contributed by atoms with E-state index in [0.29, 0.717) is 0 Å². The molecule has 1 aliphatic rings. The van der Waals surface area contributed by atoms with E-state index in [2.05, 4.69) is 17.2 Å². The van der Waals surface area contributed by atoms with E-state index in [4.69, 9.17) is 0 Å². The van der Waals surface area contributed by atoms with Gasteiger partial charge in [0.2, 0.25) is 0 Å². The van der Waals surface area contributed by atoms with Crippen molar-refractivity contribution in [3.05, 3.63) is 16.1 Å². The summed E-state index contributed by atoms with van der Waals surface area (Å²) < 4.78 is 0. The summed E-state index contributed by atoms with van der Waals surface area (Å²) in [6.45, 7) is 4.40. The molecule has 15 heavy (non-hydrogen) atoms. The Balaban J connectivity index is 1.53. The minimum atomic E-state index is 1.03. The summed E-state index contributed by atoms with van der Waals surface area (Å²) in [4.78, 5) is 5.69. The van der Waals surface area contributed by atoms with Gasteiger partial charge in [-0.25, -0.2) is 4.98 Å². The van der Waals surface area contributed by atoms with Crippen LogP contribution in [0.5, 0.6) is 0 Å². The lowest BCUT2D eigenvalue weighted by Crippen LogP contribution is -2.23. The molecule has 1 aromatic heterocycles. The van der Waals surface area contributed by atoms with Gasteiger partial charge in [0.05, 0.1) is 11.2 Å². The summed E-state index contributed by atoms with van der Waals surface area (Å²) in [5.41, 5.74) is 3.15. The van der Waals surface area contributed by atoms with E-state index < -0.39 is 0 Å². The number of nitrogens with zero attached hydrogens (tertiary/aromatic N) is 1. The summed E-state index contributed by atoms with van der Waals surface area (Å²) in [5.74, 6) is 1.03. The fourth-order valence-electron chi connectivity index (χ4n) is 1.98. The molecule has 0 aromatic carbocycles. The molecule has 1 saturated carbocycles. The second-order valence-corrected chi connectivity index (χ2v) is 5.39. The molecule has 3 heteroatoms. The average Bonchev–Trinajstić information content (AvgIpc) is 2.55. The number of aryl methyl sites for hydroxylation is 1. The van der Waals surface area contributed by atoms with E-state index in [9.17, 15) is 0 Å². The van der Waals surface area contributed by atoms with Crippen molar-refractivity contribution in [3.63, 3.8) is 0 Å². The van der Waals surface area contributed by atoms with Crippen LogP contribution in [0.2, 0.25) is 0 Å². The first-order chi connectivity index (χ1) is 7.36. The Kier molecular flexibility index (Phi) is 4.15. The SMILES string of the molecule is Cc1ncsc1CCNCCC1CCC1. The quantitative estimate of drug-likeness (QED) is 0.752. The van der Waals surface area contributed by atoms with Crippen molar-refractivity contribution >= 4 is 11.3 Å². The Morgan fingerprint density at radius 3 is 2.93 bits per heavy atom. The summed E-state index contributed by atoms with van der Waals surface area (Å²) in [6.07, 6.45) is 6.92. The number of nitrogens with one attached hydrogen (secondary N) is 1. The van der Waals surface area contributed by atoms with Crippen molar-refractivity contribution in [3.8, 4) is 0 Å². The van der Waals surface area contributed by atoms with Crippen LogP contribution in [0.4, 0.5) is 0 Å². The maximum absolute atomic E-state index is 4.26.